The molecule has 1 N–H and O–H groups in total. The van der Waals surface area contributed by atoms with Gasteiger partial charge in [0.05, 0.1) is 0 Å². The van der Waals surface area contributed by atoms with Gasteiger partial charge >= 0.3 is 5.97 Å². The van der Waals surface area contributed by atoms with E-state index in [4.69, 9.17) is 9.57 Å². The fourth-order valence-electron chi connectivity index (χ4n) is 1.14. The fourth-order valence-corrected chi connectivity index (χ4v) is 1.79. The average Bonchev–Trinajstić information content (AvgIpc) is 2.81. The Morgan fingerprint density at radius 2 is 2.29 bits per heavy atom. The van der Waals surface area contributed by atoms with Crippen molar-refractivity contribution in [2.45, 2.75) is 26.4 Å². The van der Waals surface area contributed by atoms with Gasteiger partial charge in [0.25, 0.3) is 6.29 Å². The van der Waals surface area contributed by atoms with Crippen molar-refractivity contribution in [3.8, 4) is 0 Å². The van der Waals surface area contributed by atoms with Gasteiger partial charge in [-0.3, -0.25) is 9.59 Å². The largest absolute Gasteiger partial charge is 0.457 e. The van der Waals surface area contributed by atoms with E-state index in [0.717, 1.165) is 11.3 Å². The standard InChI is InChI=1S/C12H14N3O5S/c1-12(2,3)20-10(18)5-19-15-8(4-16)9-6-21-11(14-9)13-7-17/h6-7H,5H2,1-3H3,(H,13,14,17). The van der Waals surface area contributed by atoms with Crippen molar-refractivity contribution in [2.75, 3.05) is 11.9 Å². The quantitative estimate of drug-likeness (QED) is 0.347. The maximum absolute atomic E-state index is 11.4. The molecule has 1 rings (SSSR count). The van der Waals surface area contributed by atoms with Gasteiger partial charge in [0.2, 0.25) is 13.0 Å². The molecule has 1 radical (unpaired) electrons. The highest BCUT2D eigenvalue weighted by atomic mass is 32.1. The maximum Gasteiger partial charge on any atom is 0.347 e. The average molecular weight is 312 g/mol. The van der Waals surface area contributed by atoms with Gasteiger partial charge in [-0.2, -0.15) is 0 Å². The Hall–Kier alpha value is -2.29. The lowest BCUT2D eigenvalue weighted by molar-refractivity contribution is -0.160. The summed E-state index contributed by atoms with van der Waals surface area (Å²) in [6, 6.07) is 0. The number of anilines is 1. The van der Waals surface area contributed by atoms with Crippen molar-refractivity contribution in [3.63, 3.8) is 0 Å². The number of oxime groups is 1. The van der Waals surface area contributed by atoms with E-state index in [1.165, 1.54) is 5.38 Å². The third-order valence-corrected chi connectivity index (χ3v) is 2.56. The van der Waals surface area contributed by atoms with E-state index in [2.05, 4.69) is 15.5 Å². The number of thiazole rings is 1. The van der Waals surface area contributed by atoms with Crippen LogP contribution in [0.5, 0.6) is 0 Å². The zero-order chi connectivity index (χ0) is 15.9. The van der Waals surface area contributed by atoms with E-state index in [1.807, 2.05) is 0 Å². The van der Waals surface area contributed by atoms with Crippen molar-refractivity contribution < 1.29 is 24.0 Å². The van der Waals surface area contributed by atoms with Crippen LogP contribution in [0.1, 0.15) is 26.5 Å². The molecule has 1 aromatic rings. The molecule has 0 unspecified atom stereocenters. The summed E-state index contributed by atoms with van der Waals surface area (Å²) in [6.07, 6.45) is 2.01. The summed E-state index contributed by atoms with van der Waals surface area (Å²) >= 11 is 1.11. The lowest BCUT2D eigenvalue weighted by atomic mass is 10.2. The Bertz CT molecular complexity index is 547. The van der Waals surface area contributed by atoms with Crippen molar-refractivity contribution in [2.24, 2.45) is 5.16 Å². The molecule has 0 aliphatic rings. The third kappa shape index (κ3) is 6.13. The molecule has 9 heteroatoms. The molecule has 113 valence electrons. The first-order chi connectivity index (χ1) is 9.85. The Balaban J connectivity index is 2.61. The summed E-state index contributed by atoms with van der Waals surface area (Å²) in [5.74, 6) is -0.613. The monoisotopic (exact) mass is 312 g/mol. The predicted octanol–water partition coefficient (Wildman–Crippen LogP) is 0.883. The summed E-state index contributed by atoms with van der Waals surface area (Å²) in [6.45, 7) is 4.72. The van der Waals surface area contributed by atoms with E-state index >= 15 is 0 Å². The molecule has 1 aromatic heterocycles. The number of amides is 1. The Kier molecular flexibility index (Phi) is 5.97. The van der Waals surface area contributed by atoms with E-state index in [1.54, 1.807) is 27.1 Å². The molecule has 1 heterocycles. The Morgan fingerprint density at radius 3 is 2.86 bits per heavy atom. The number of nitrogens with zero attached hydrogens (tertiary/aromatic N) is 2. The zero-order valence-corrected chi connectivity index (χ0v) is 12.5. The van der Waals surface area contributed by atoms with Crippen LogP contribution in [-0.2, 0) is 24.0 Å². The predicted molar refractivity (Wildman–Crippen MR) is 75.8 cm³/mol. The molecule has 0 spiro atoms. The molecule has 0 atom stereocenters. The van der Waals surface area contributed by atoms with Crippen LogP contribution < -0.4 is 5.32 Å². The summed E-state index contributed by atoms with van der Waals surface area (Å²) in [5, 5.41) is 7.60. The zero-order valence-electron chi connectivity index (χ0n) is 11.7. The highest BCUT2D eigenvalue weighted by molar-refractivity contribution is 7.14. The second-order valence-electron chi connectivity index (χ2n) is 4.70. The number of carbonyl (C=O) groups excluding carboxylic acids is 3. The topological polar surface area (TPSA) is 107 Å². The van der Waals surface area contributed by atoms with Gasteiger partial charge in [-0.1, -0.05) is 5.16 Å². The summed E-state index contributed by atoms with van der Waals surface area (Å²) in [5.41, 5.74) is -0.661. The fraction of sp³-hybridized carbons (Fsp3) is 0.417. The minimum absolute atomic E-state index is 0.184. The summed E-state index contributed by atoms with van der Waals surface area (Å²) in [4.78, 5) is 41.1. The number of ether oxygens (including phenoxy) is 1. The van der Waals surface area contributed by atoms with Gasteiger partial charge in [0.15, 0.2) is 10.8 Å². The normalized spacial score (nSPS) is 11.7. The molecular weight excluding hydrogens is 298 g/mol. The molecule has 0 saturated heterocycles. The van der Waals surface area contributed by atoms with Crippen molar-refractivity contribution in [1.29, 1.82) is 0 Å². The first-order valence-corrected chi connectivity index (χ1v) is 6.69. The van der Waals surface area contributed by atoms with Gasteiger partial charge in [0, 0.05) is 5.38 Å². The first kappa shape index (κ1) is 16.8. The number of carbonyl (C=O) groups is 2. The van der Waals surface area contributed by atoms with Crippen LogP contribution in [0.25, 0.3) is 0 Å². The number of esters is 1. The number of aromatic nitrogens is 1. The van der Waals surface area contributed by atoms with Crippen LogP contribution in [-0.4, -0.2) is 41.6 Å². The van der Waals surface area contributed by atoms with Gasteiger partial charge in [-0.15, -0.1) is 11.3 Å². The molecule has 0 fully saturated rings. The van der Waals surface area contributed by atoms with E-state index < -0.39 is 18.2 Å². The van der Waals surface area contributed by atoms with Crippen molar-refractivity contribution in [1.82, 2.24) is 4.98 Å². The lowest BCUT2D eigenvalue weighted by Crippen LogP contribution is -2.26. The van der Waals surface area contributed by atoms with Crippen LogP contribution in [0.15, 0.2) is 10.5 Å². The minimum atomic E-state index is -0.631. The van der Waals surface area contributed by atoms with Crippen LogP contribution in [0, 0.1) is 0 Å². The van der Waals surface area contributed by atoms with E-state index in [-0.39, 0.29) is 11.4 Å². The second-order valence-corrected chi connectivity index (χ2v) is 5.56. The molecule has 0 bridgehead atoms. The maximum atomic E-state index is 11.4. The van der Waals surface area contributed by atoms with Gasteiger partial charge in [-0.25, -0.2) is 9.78 Å². The highest BCUT2D eigenvalue weighted by Crippen LogP contribution is 2.15. The van der Waals surface area contributed by atoms with Crippen LogP contribution in [0.2, 0.25) is 0 Å². The molecule has 0 aliphatic carbocycles. The smallest absolute Gasteiger partial charge is 0.347 e. The number of hydrogen-bond donors (Lipinski definition) is 1. The molecule has 8 nitrogen and oxygen atoms in total. The molecule has 21 heavy (non-hydrogen) atoms. The van der Waals surface area contributed by atoms with Crippen LogP contribution in [0.4, 0.5) is 5.13 Å². The Labute approximate surface area is 125 Å². The van der Waals surface area contributed by atoms with E-state index in [0.29, 0.717) is 11.5 Å². The van der Waals surface area contributed by atoms with Crippen molar-refractivity contribution in [3.05, 3.63) is 11.1 Å². The lowest BCUT2D eigenvalue weighted by Gasteiger charge is -2.18. The third-order valence-electron chi connectivity index (χ3n) is 1.78. The van der Waals surface area contributed by atoms with Gasteiger partial charge in [-0.05, 0) is 20.8 Å². The molecule has 0 saturated carbocycles. The second kappa shape index (κ2) is 7.48. The molecule has 0 aromatic carbocycles. The Morgan fingerprint density at radius 1 is 1.57 bits per heavy atom. The summed E-state index contributed by atoms with van der Waals surface area (Å²) in [7, 11) is 0. The van der Waals surface area contributed by atoms with Crippen LogP contribution >= 0.6 is 11.3 Å². The van der Waals surface area contributed by atoms with E-state index in [9.17, 15) is 14.4 Å². The minimum Gasteiger partial charge on any atom is -0.457 e. The van der Waals surface area contributed by atoms with Crippen molar-refractivity contribution >= 4 is 40.8 Å². The molecule has 1 amide bonds. The van der Waals surface area contributed by atoms with Gasteiger partial charge in [0.1, 0.15) is 11.3 Å². The highest BCUT2D eigenvalue weighted by Gasteiger charge is 2.17. The summed E-state index contributed by atoms with van der Waals surface area (Å²) < 4.78 is 5.00. The number of rotatable bonds is 7. The molecule has 0 aliphatic heterocycles. The van der Waals surface area contributed by atoms with Crippen LogP contribution in [0.3, 0.4) is 0 Å². The SMILES string of the molecule is CC(C)(C)OC(=O)CON=C([C]=O)c1csc(NC=O)n1. The number of hydrogen-bond acceptors (Lipinski definition) is 8. The molecular formula is C12H14N3O5S. The number of nitrogens with one attached hydrogen (secondary N) is 1. The first-order valence-electron chi connectivity index (χ1n) is 5.81. The van der Waals surface area contributed by atoms with Gasteiger partial charge < -0.3 is 14.9 Å².